The molecule has 4 aromatic rings. The second kappa shape index (κ2) is 9.02. The third-order valence-electron chi connectivity index (χ3n) is 7.45. The Morgan fingerprint density at radius 2 is 0.618 bits per heavy atom. The minimum absolute atomic E-state index is 0.0791. The van der Waals surface area contributed by atoms with Crippen molar-refractivity contribution in [3.63, 3.8) is 0 Å². The molecular formula is C31H28N2O. The van der Waals surface area contributed by atoms with E-state index in [0.29, 0.717) is 5.78 Å². The molecule has 0 unspecified atom stereocenters. The number of fused-ring (bicyclic) bond motifs is 2. The minimum Gasteiger partial charge on any atom is -0.302 e. The van der Waals surface area contributed by atoms with Crippen molar-refractivity contribution in [3.8, 4) is 0 Å². The Morgan fingerprint density at radius 3 is 0.853 bits per heavy atom. The molecule has 6 rings (SSSR count). The lowest BCUT2D eigenvalue weighted by Crippen LogP contribution is -2.60. The molecule has 2 fully saturated rings. The Morgan fingerprint density at radius 1 is 0.382 bits per heavy atom. The normalized spacial score (nSPS) is 28.4. The molecule has 3 heteroatoms. The molecule has 4 atom stereocenters. The van der Waals surface area contributed by atoms with E-state index < -0.39 is 0 Å². The molecule has 2 heterocycles. The summed E-state index contributed by atoms with van der Waals surface area (Å²) < 4.78 is 0. The highest BCUT2D eigenvalue weighted by molar-refractivity contribution is 5.89. The number of nitrogens with one attached hydrogen (secondary N) is 2. The second-order valence-electron chi connectivity index (χ2n) is 9.34. The van der Waals surface area contributed by atoms with Crippen molar-refractivity contribution in [3.05, 3.63) is 144 Å². The zero-order valence-corrected chi connectivity index (χ0v) is 18.9. The predicted molar refractivity (Wildman–Crippen MR) is 135 cm³/mol. The number of carbonyl (C=O) groups excluding carboxylic acids is 1. The molecule has 2 N–H and O–H groups in total. The van der Waals surface area contributed by atoms with Crippen LogP contribution in [0.25, 0.3) is 0 Å². The fourth-order valence-corrected chi connectivity index (χ4v) is 5.92. The molecule has 0 aliphatic carbocycles. The molecule has 0 aromatic heterocycles. The van der Waals surface area contributed by atoms with Crippen LogP contribution in [0.4, 0.5) is 0 Å². The Kier molecular flexibility index (Phi) is 5.58. The van der Waals surface area contributed by atoms with Crippen LogP contribution >= 0.6 is 0 Å². The third kappa shape index (κ3) is 3.67. The summed E-state index contributed by atoms with van der Waals surface area (Å²) >= 11 is 0. The van der Waals surface area contributed by atoms with E-state index in [4.69, 9.17) is 0 Å². The molecule has 2 aliphatic rings. The van der Waals surface area contributed by atoms with Crippen LogP contribution in [0.3, 0.4) is 0 Å². The topological polar surface area (TPSA) is 41.1 Å². The molecule has 0 radical (unpaired) electrons. The van der Waals surface area contributed by atoms with Gasteiger partial charge in [0.15, 0.2) is 0 Å². The molecule has 4 aromatic carbocycles. The van der Waals surface area contributed by atoms with Gasteiger partial charge in [-0.25, -0.2) is 0 Å². The molecule has 34 heavy (non-hydrogen) atoms. The van der Waals surface area contributed by atoms with Crippen molar-refractivity contribution < 1.29 is 4.79 Å². The first kappa shape index (κ1) is 21.0. The first-order valence-corrected chi connectivity index (χ1v) is 12.1. The zero-order chi connectivity index (χ0) is 22.9. The summed E-state index contributed by atoms with van der Waals surface area (Å²) in [5.41, 5.74) is 4.62. The average molecular weight is 445 g/mol. The van der Waals surface area contributed by atoms with Gasteiger partial charge in [-0.15, -0.1) is 0 Å². The maximum absolute atomic E-state index is 14.5. The summed E-state index contributed by atoms with van der Waals surface area (Å²) in [7, 11) is 0. The fraction of sp³-hybridized carbons (Fsp3) is 0.194. The number of carbonyl (C=O) groups is 1. The molecule has 168 valence electrons. The molecule has 2 bridgehead atoms. The third-order valence-corrected chi connectivity index (χ3v) is 7.45. The predicted octanol–water partition coefficient (Wildman–Crippen LogP) is 5.96. The smallest absolute Gasteiger partial charge is 0.146 e. The maximum Gasteiger partial charge on any atom is 0.146 e. The summed E-state index contributed by atoms with van der Waals surface area (Å²) in [6.07, 6.45) is 0. The van der Waals surface area contributed by atoms with E-state index >= 15 is 0 Å². The van der Waals surface area contributed by atoms with Gasteiger partial charge >= 0.3 is 0 Å². The molecule has 2 aliphatic heterocycles. The average Bonchev–Trinajstić information content (AvgIpc) is 2.91. The van der Waals surface area contributed by atoms with Crippen LogP contribution in [-0.2, 0) is 4.79 Å². The fourth-order valence-electron chi connectivity index (χ4n) is 5.92. The van der Waals surface area contributed by atoms with Crippen molar-refractivity contribution in [2.75, 3.05) is 0 Å². The number of rotatable bonds is 4. The van der Waals surface area contributed by atoms with Crippen molar-refractivity contribution in [1.29, 1.82) is 0 Å². The Labute approximate surface area is 200 Å². The lowest BCUT2D eigenvalue weighted by Gasteiger charge is -2.52. The van der Waals surface area contributed by atoms with Crippen LogP contribution in [0.5, 0.6) is 0 Å². The van der Waals surface area contributed by atoms with Gasteiger partial charge in [-0.3, -0.25) is 4.79 Å². The molecule has 0 amide bonds. The van der Waals surface area contributed by atoms with Gasteiger partial charge in [-0.1, -0.05) is 121 Å². The lowest BCUT2D eigenvalue weighted by atomic mass is 9.64. The van der Waals surface area contributed by atoms with Crippen molar-refractivity contribution in [2.24, 2.45) is 11.8 Å². The summed E-state index contributed by atoms with van der Waals surface area (Å²) in [4.78, 5) is 14.5. The minimum atomic E-state index is -0.199. The number of hydrogen-bond acceptors (Lipinski definition) is 3. The molecular weight excluding hydrogens is 416 g/mol. The number of Topliss-reactive ketones (excluding diaryl/α,β-unsaturated/α-hetero) is 1. The van der Waals surface area contributed by atoms with E-state index in [1.165, 1.54) is 0 Å². The van der Waals surface area contributed by atoms with E-state index in [-0.39, 0.29) is 36.0 Å². The van der Waals surface area contributed by atoms with E-state index in [1.54, 1.807) is 0 Å². The Hall–Kier alpha value is -3.53. The van der Waals surface area contributed by atoms with Gasteiger partial charge in [0.1, 0.15) is 5.78 Å². The van der Waals surface area contributed by atoms with Gasteiger partial charge in [-0.2, -0.15) is 0 Å². The number of ketones is 1. The number of benzene rings is 4. The van der Waals surface area contributed by atoms with Crippen LogP contribution in [0.15, 0.2) is 121 Å². The van der Waals surface area contributed by atoms with Crippen LogP contribution in [-0.4, -0.2) is 5.78 Å². The van der Waals surface area contributed by atoms with E-state index in [1.807, 2.05) is 24.3 Å². The zero-order valence-electron chi connectivity index (χ0n) is 18.9. The molecule has 3 nitrogen and oxygen atoms in total. The van der Waals surface area contributed by atoms with Gasteiger partial charge in [0.05, 0.1) is 11.8 Å². The summed E-state index contributed by atoms with van der Waals surface area (Å²) in [5, 5.41) is 7.91. The summed E-state index contributed by atoms with van der Waals surface area (Å²) in [6.45, 7) is 0. The van der Waals surface area contributed by atoms with Crippen LogP contribution in [0, 0.1) is 11.8 Å². The van der Waals surface area contributed by atoms with Crippen molar-refractivity contribution in [1.82, 2.24) is 10.6 Å². The molecule has 2 saturated heterocycles. The van der Waals surface area contributed by atoms with Crippen molar-refractivity contribution in [2.45, 2.75) is 24.2 Å². The molecule has 0 spiro atoms. The second-order valence-corrected chi connectivity index (χ2v) is 9.34. The SMILES string of the molecule is O=C1C2[C@H](c3ccccc3)N[C@@H](c3ccccc3)C1[C@H](c1ccccc1)N[C@H]2c1ccccc1. The maximum atomic E-state index is 14.5. The summed E-state index contributed by atoms with van der Waals surface area (Å²) in [5.74, 6) is -0.0626. The first-order valence-electron chi connectivity index (χ1n) is 12.1. The molecule has 0 saturated carbocycles. The van der Waals surface area contributed by atoms with Gasteiger partial charge < -0.3 is 10.6 Å². The number of piperidine rings is 2. The lowest BCUT2D eigenvalue weighted by molar-refractivity contribution is -0.139. The van der Waals surface area contributed by atoms with Gasteiger partial charge in [0.2, 0.25) is 0 Å². The highest BCUT2D eigenvalue weighted by Gasteiger charge is 2.55. The quantitative estimate of drug-likeness (QED) is 0.408. The van der Waals surface area contributed by atoms with Gasteiger partial charge in [-0.05, 0) is 22.3 Å². The monoisotopic (exact) mass is 444 g/mol. The van der Waals surface area contributed by atoms with Crippen molar-refractivity contribution >= 4 is 5.78 Å². The van der Waals surface area contributed by atoms with Gasteiger partial charge in [0, 0.05) is 24.2 Å². The first-order chi connectivity index (χ1) is 16.8. The standard InChI is InChI=1S/C31H28N2O/c34-31-25-27(21-13-5-1-6-14-21)32-29(23-17-9-3-10-18-23)26(31)30(24-19-11-4-12-20-24)33-28(25)22-15-7-2-8-16-22/h1-20,25-30,32-33H/t25?,26?,27-,28-,29-,30-/m0/s1. The van der Waals surface area contributed by atoms with Crippen LogP contribution in [0.1, 0.15) is 46.4 Å². The highest BCUT2D eigenvalue weighted by atomic mass is 16.1. The van der Waals surface area contributed by atoms with Crippen LogP contribution < -0.4 is 10.6 Å². The summed E-state index contributed by atoms with van der Waals surface area (Å²) in [6, 6.07) is 41.4. The Bertz CT molecular complexity index is 1050. The largest absolute Gasteiger partial charge is 0.302 e. The van der Waals surface area contributed by atoms with E-state index in [0.717, 1.165) is 22.3 Å². The van der Waals surface area contributed by atoms with E-state index in [2.05, 4.69) is 108 Å². The Balaban J connectivity index is 1.52. The highest BCUT2D eigenvalue weighted by Crippen LogP contribution is 2.51. The van der Waals surface area contributed by atoms with Crippen LogP contribution in [0.2, 0.25) is 0 Å². The van der Waals surface area contributed by atoms with Gasteiger partial charge in [0.25, 0.3) is 0 Å². The number of hydrogen-bond donors (Lipinski definition) is 2. The van der Waals surface area contributed by atoms with E-state index in [9.17, 15) is 4.79 Å².